The molecule has 124 valence electrons. The molecule has 0 radical (unpaired) electrons. The summed E-state index contributed by atoms with van der Waals surface area (Å²) in [6.07, 6.45) is 4.19. The third kappa shape index (κ3) is 3.26. The Kier molecular flexibility index (Phi) is 4.68. The fraction of sp³-hybridized carbons (Fsp3) is 0.500. The highest BCUT2D eigenvalue weighted by atomic mass is 16.4. The lowest BCUT2D eigenvalue weighted by Gasteiger charge is -2.26. The number of carboxylic acid groups (broad SMARTS) is 1. The smallest absolute Gasteiger partial charge is 0.338 e. The highest BCUT2D eigenvalue weighted by Gasteiger charge is 2.17. The maximum absolute atomic E-state index is 11.6. The summed E-state index contributed by atoms with van der Waals surface area (Å²) in [5, 5.41) is 14.0. The lowest BCUT2D eigenvalue weighted by atomic mass is 10.0. The molecule has 0 amide bonds. The van der Waals surface area contributed by atoms with Gasteiger partial charge in [0.25, 0.3) is 0 Å². The minimum atomic E-state index is -0.846. The van der Waals surface area contributed by atoms with Crippen molar-refractivity contribution in [1.29, 1.82) is 0 Å². The summed E-state index contributed by atoms with van der Waals surface area (Å²) in [5.74, 6) is -0.846. The molecule has 23 heavy (non-hydrogen) atoms. The predicted molar refractivity (Wildman–Crippen MR) is 92.2 cm³/mol. The Bertz CT molecular complexity index is 715. The van der Waals surface area contributed by atoms with Crippen LogP contribution in [0.1, 0.15) is 27.9 Å². The van der Waals surface area contributed by atoms with Gasteiger partial charge in [-0.1, -0.05) is 12.1 Å². The average Bonchev–Trinajstić information content (AvgIpc) is 2.84. The van der Waals surface area contributed by atoms with Crippen LogP contribution in [0, 0.1) is 6.92 Å². The first kappa shape index (κ1) is 16.0. The highest BCUT2D eigenvalue weighted by molar-refractivity contribution is 6.04. The summed E-state index contributed by atoms with van der Waals surface area (Å²) in [6, 6.07) is 3.99. The lowest BCUT2D eigenvalue weighted by Crippen LogP contribution is -2.43. The number of hydrogen-bond acceptors (Lipinski definition) is 3. The van der Waals surface area contributed by atoms with E-state index in [2.05, 4.69) is 22.5 Å². The number of aromatic nitrogens is 1. The Labute approximate surface area is 136 Å². The van der Waals surface area contributed by atoms with Crippen LogP contribution in [-0.2, 0) is 13.5 Å². The minimum Gasteiger partial charge on any atom is -0.478 e. The first-order valence-electron chi connectivity index (χ1n) is 8.32. The van der Waals surface area contributed by atoms with Crippen LogP contribution in [0.3, 0.4) is 0 Å². The quantitative estimate of drug-likeness (QED) is 0.886. The molecule has 2 heterocycles. The standard InChI is InChI=1S/C18H25N3O2/c1-13-5-6-15-14(4-3-9-21-10-7-19-8-11-21)12-20(2)17(15)16(13)18(22)23/h5-6,12,19H,3-4,7-11H2,1-2H3,(H,22,23). The molecule has 1 aromatic carbocycles. The number of nitrogens with one attached hydrogen (secondary N) is 1. The van der Waals surface area contributed by atoms with E-state index in [-0.39, 0.29) is 0 Å². The molecule has 1 aliphatic heterocycles. The molecule has 0 aliphatic carbocycles. The molecule has 5 heteroatoms. The summed E-state index contributed by atoms with van der Waals surface area (Å²) in [7, 11) is 1.94. The van der Waals surface area contributed by atoms with Crippen molar-refractivity contribution in [3.63, 3.8) is 0 Å². The van der Waals surface area contributed by atoms with Gasteiger partial charge in [0.2, 0.25) is 0 Å². The molecule has 2 aromatic rings. The molecule has 2 N–H and O–H groups in total. The molecule has 0 spiro atoms. The fourth-order valence-corrected chi connectivity index (χ4v) is 3.58. The minimum absolute atomic E-state index is 0.429. The number of piperazine rings is 1. The van der Waals surface area contributed by atoms with E-state index in [0.29, 0.717) is 5.56 Å². The van der Waals surface area contributed by atoms with Gasteiger partial charge in [0, 0.05) is 44.8 Å². The maximum Gasteiger partial charge on any atom is 0.338 e. The van der Waals surface area contributed by atoms with E-state index in [1.54, 1.807) is 0 Å². The molecule has 1 aromatic heterocycles. The van der Waals surface area contributed by atoms with Crippen molar-refractivity contribution in [2.45, 2.75) is 19.8 Å². The zero-order chi connectivity index (χ0) is 16.4. The normalized spacial score (nSPS) is 16.1. The fourth-order valence-electron chi connectivity index (χ4n) is 3.58. The van der Waals surface area contributed by atoms with Gasteiger partial charge < -0.3 is 19.9 Å². The van der Waals surface area contributed by atoms with Crippen LogP contribution in [0.5, 0.6) is 0 Å². The maximum atomic E-state index is 11.6. The summed E-state index contributed by atoms with van der Waals surface area (Å²) in [4.78, 5) is 14.1. The van der Waals surface area contributed by atoms with E-state index < -0.39 is 5.97 Å². The molecule has 0 bridgehead atoms. The van der Waals surface area contributed by atoms with Gasteiger partial charge in [-0.2, -0.15) is 0 Å². The van der Waals surface area contributed by atoms with Crippen LogP contribution in [0.2, 0.25) is 0 Å². The SMILES string of the molecule is Cc1ccc2c(CCCN3CCNCC3)cn(C)c2c1C(=O)O. The van der Waals surface area contributed by atoms with Gasteiger partial charge in [0.05, 0.1) is 11.1 Å². The molecule has 1 saturated heterocycles. The van der Waals surface area contributed by atoms with Crippen molar-refractivity contribution in [1.82, 2.24) is 14.8 Å². The van der Waals surface area contributed by atoms with E-state index >= 15 is 0 Å². The van der Waals surface area contributed by atoms with Gasteiger partial charge in [-0.05, 0) is 37.4 Å². The monoisotopic (exact) mass is 315 g/mol. The molecule has 1 fully saturated rings. The second-order valence-corrected chi connectivity index (χ2v) is 6.42. The van der Waals surface area contributed by atoms with Crippen molar-refractivity contribution in [2.24, 2.45) is 7.05 Å². The van der Waals surface area contributed by atoms with Crippen molar-refractivity contribution < 1.29 is 9.90 Å². The van der Waals surface area contributed by atoms with Crippen molar-refractivity contribution >= 4 is 16.9 Å². The zero-order valence-electron chi connectivity index (χ0n) is 13.9. The number of rotatable bonds is 5. The van der Waals surface area contributed by atoms with Crippen LogP contribution >= 0.6 is 0 Å². The Morgan fingerprint density at radius 1 is 1.30 bits per heavy atom. The molecular weight excluding hydrogens is 290 g/mol. The Balaban J connectivity index is 1.79. The second kappa shape index (κ2) is 6.72. The molecular formula is C18H25N3O2. The summed E-state index contributed by atoms with van der Waals surface area (Å²) in [5.41, 5.74) is 3.34. The molecule has 0 saturated carbocycles. The third-order valence-electron chi connectivity index (χ3n) is 4.78. The van der Waals surface area contributed by atoms with Gasteiger partial charge in [-0.3, -0.25) is 0 Å². The van der Waals surface area contributed by atoms with Crippen LogP contribution in [-0.4, -0.2) is 53.3 Å². The molecule has 0 atom stereocenters. The van der Waals surface area contributed by atoms with Gasteiger partial charge in [0.1, 0.15) is 0 Å². The Hall–Kier alpha value is -1.85. The van der Waals surface area contributed by atoms with E-state index in [1.165, 1.54) is 5.56 Å². The third-order valence-corrected chi connectivity index (χ3v) is 4.78. The van der Waals surface area contributed by atoms with Crippen molar-refractivity contribution in [2.75, 3.05) is 32.7 Å². The number of benzene rings is 1. The average molecular weight is 315 g/mol. The van der Waals surface area contributed by atoms with Crippen LogP contribution < -0.4 is 5.32 Å². The van der Waals surface area contributed by atoms with E-state index in [4.69, 9.17) is 0 Å². The zero-order valence-corrected chi connectivity index (χ0v) is 13.9. The van der Waals surface area contributed by atoms with Crippen molar-refractivity contribution in [3.8, 4) is 0 Å². The van der Waals surface area contributed by atoms with Gasteiger partial charge >= 0.3 is 5.97 Å². The lowest BCUT2D eigenvalue weighted by molar-refractivity contribution is 0.0698. The van der Waals surface area contributed by atoms with Gasteiger partial charge in [0.15, 0.2) is 0 Å². The summed E-state index contributed by atoms with van der Waals surface area (Å²) >= 11 is 0. The molecule has 1 aliphatic rings. The summed E-state index contributed by atoms with van der Waals surface area (Å²) < 4.78 is 1.96. The number of carbonyl (C=O) groups is 1. The van der Waals surface area contributed by atoms with E-state index in [9.17, 15) is 9.90 Å². The number of hydrogen-bond donors (Lipinski definition) is 2. The molecule has 5 nitrogen and oxygen atoms in total. The van der Waals surface area contributed by atoms with Gasteiger partial charge in [-0.25, -0.2) is 4.79 Å². The number of aryl methyl sites for hydroxylation is 3. The molecule has 0 unspecified atom stereocenters. The number of fused-ring (bicyclic) bond motifs is 1. The first-order valence-corrected chi connectivity index (χ1v) is 8.32. The van der Waals surface area contributed by atoms with E-state index in [1.807, 2.05) is 24.6 Å². The first-order chi connectivity index (χ1) is 11.1. The topological polar surface area (TPSA) is 57.5 Å². The number of carboxylic acids is 1. The van der Waals surface area contributed by atoms with Crippen molar-refractivity contribution in [3.05, 3.63) is 35.0 Å². The van der Waals surface area contributed by atoms with Crippen LogP contribution in [0.25, 0.3) is 10.9 Å². The van der Waals surface area contributed by atoms with E-state index in [0.717, 1.165) is 62.0 Å². The second-order valence-electron chi connectivity index (χ2n) is 6.42. The number of nitrogens with zero attached hydrogens (tertiary/aromatic N) is 2. The van der Waals surface area contributed by atoms with Crippen LogP contribution in [0.15, 0.2) is 18.3 Å². The summed E-state index contributed by atoms with van der Waals surface area (Å²) in [6.45, 7) is 7.37. The highest BCUT2D eigenvalue weighted by Crippen LogP contribution is 2.27. The van der Waals surface area contributed by atoms with Gasteiger partial charge in [-0.15, -0.1) is 0 Å². The Morgan fingerprint density at radius 3 is 2.74 bits per heavy atom. The largest absolute Gasteiger partial charge is 0.478 e. The number of aromatic carboxylic acids is 1. The predicted octanol–water partition coefficient (Wildman–Crippen LogP) is 2.02. The Morgan fingerprint density at radius 2 is 2.04 bits per heavy atom. The van der Waals surface area contributed by atoms with Crippen LogP contribution in [0.4, 0.5) is 0 Å². The molecule has 3 rings (SSSR count).